The molecular formula is C25H25N3O3S. The minimum atomic E-state index is -0.467. The molecule has 3 heterocycles. The summed E-state index contributed by atoms with van der Waals surface area (Å²) >= 11 is 1.35. The number of amides is 1. The average molecular weight is 448 g/mol. The van der Waals surface area contributed by atoms with Crippen molar-refractivity contribution >= 4 is 33.9 Å². The highest BCUT2D eigenvalue weighted by Gasteiger charge is 2.21. The molecule has 1 N–H and O–H groups in total. The van der Waals surface area contributed by atoms with Gasteiger partial charge in [0.25, 0.3) is 0 Å². The molecule has 7 heteroatoms. The van der Waals surface area contributed by atoms with Crippen LogP contribution < -0.4 is 5.32 Å². The lowest BCUT2D eigenvalue weighted by Gasteiger charge is -2.09. The minimum absolute atomic E-state index is 0.115. The van der Waals surface area contributed by atoms with Crippen LogP contribution in [0.15, 0.2) is 42.6 Å². The van der Waals surface area contributed by atoms with E-state index < -0.39 is 5.97 Å². The number of nitrogens with one attached hydrogen (secondary N) is 1. The van der Waals surface area contributed by atoms with Gasteiger partial charge in [-0.05, 0) is 68.7 Å². The fourth-order valence-electron chi connectivity index (χ4n) is 3.68. The Balaban J connectivity index is 1.73. The number of hydrogen-bond acceptors (Lipinski definition) is 5. The number of thiophene rings is 1. The predicted octanol–water partition coefficient (Wildman–Crippen LogP) is 5.26. The van der Waals surface area contributed by atoms with Gasteiger partial charge >= 0.3 is 5.97 Å². The predicted molar refractivity (Wildman–Crippen MR) is 128 cm³/mol. The van der Waals surface area contributed by atoms with Gasteiger partial charge < -0.3 is 14.5 Å². The Morgan fingerprint density at radius 1 is 1.06 bits per heavy atom. The van der Waals surface area contributed by atoms with Crippen LogP contribution in [0.3, 0.4) is 0 Å². The second-order valence-corrected chi connectivity index (χ2v) is 9.21. The minimum Gasteiger partial charge on any atom is -0.465 e. The van der Waals surface area contributed by atoms with E-state index in [0.29, 0.717) is 10.6 Å². The standard InChI is InChI=1S/C25H25N3O3S/c1-14-8-9-28-20(13-22(29)27-24-19(25(30)31-5)12-17(4)32-24)23(26-21(28)10-14)18-7-6-15(2)16(3)11-18/h6-12H,13H2,1-5H3,(H,27,29). The smallest absolute Gasteiger partial charge is 0.340 e. The van der Waals surface area contributed by atoms with Crippen molar-refractivity contribution in [3.05, 3.63) is 75.4 Å². The molecule has 0 spiro atoms. The third-order valence-electron chi connectivity index (χ3n) is 5.50. The van der Waals surface area contributed by atoms with Crippen LogP contribution in [-0.2, 0) is 16.0 Å². The highest BCUT2D eigenvalue weighted by atomic mass is 32.1. The highest BCUT2D eigenvalue weighted by Crippen LogP contribution is 2.30. The first-order valence-electron chi connectivity index (χ1n) is 10.3. The van der Waals surface area contributed by atoms with Crippen LogP contribution in [0.2, 0.25) is 0 Å². The Morgan fingerprint density at radius 3 is 2.56 bits per heavy atom. The molecule has 0 saturated carbocycles. The molecule has 0 saturated heterocycles. The zero-order chi connectivity index (χ0) is 23.0. The van der Waals surface area contributed by atoms with Gasteiger partial charge in [0.15, 0.2) is 0 Å². The van der Waals surface area contributed by atoms with Gasteiger partial charge in [-0.2, -0.15) is 0 Å². The van der Waals surface area contributed by atoms with Crippen molar-refractivity contribution in [2.24, 2.45) is 0 Å². The van der Waals surface area contributed by atoms with Gasteiger partial charge in [-0.1, -0.05) is 12.1 Å². The van der Waals surface area contributed by atoms with E-state index in [1.165, 1.54) is 29.6 Å². The molecule has 1 amide bonds. The number of pyridine rings is 1. The third kappa shape index (κ3) is 4.16. The largest absolute Gasteiger partial charge is 0.465 e. The first-order chi connectivity index (χ1) is 15.3. The summed E-state index contributed by atoms with van der Waals surface area (Å²) in [6, 6.07) is 11.9. The average Bonchev–Trinajstić information content (AvgIpc) is 3.29. The molecule has 4 rings (SSSR count). The number of carbonyl (C=O) groups excluding carboxylic acids is 2. The molecule has 0 fully saturated rings. The summed E-state index contributed by atoms with van der Waals surface area (Å²) in [6.45, 7) is 8.04. The lowest BCUT2D eigenvalue weighted by Crippen LogP contribution is -2.17. The fourth-order valence-corrected chi connectivity index (χ4v) is 4.59. The van der Waals surface area contributed by atoms with Crippen LogP contribution in [0.4, 0.5) is 5.00 Å². The Hall–Kier alpha value is -3.45. The summed E-state index contributed by atoms with van der Waals surface area (Å²) in [6.07, 6.45) is 2.06. The van der Waals surface area contributed by atoms with Crippen LogP contribution in [0.25, 0.3) is 16.9 Å². The Morgan fingerprint density at radius 2 is 1.84 bits per heavy atom. The number of benzene rings is 1. The first kappa shape index (κ1) is 21.8. The highest BCUT2D eigenvalue weighted by molar-refractivity contribution is 7.16. The molecule has 6 nitrogen and oxygen atoms in total. The van der Waals surface area contributed by atoms with E-state index in [9.17, 15) is 9.59 Å². The second-order valence-electron chi connectivity index (χ2n) is 7.95. The number of anilines is 1. The maximum absolute atomic E-state index is 13.1. The number of methoxy groups -OCH3 is 1. The van der Waals surface area contributed by atoms with Crippen molar-refractivity contribution in [2.45, 2.75) is 34.1 Å². The maximum Gasteiger partial charge on any atom is 0.340 e. The molecule has 32 heavy (non-hydrogen) atoms. The van der Waals surface area contributed by atoms with Crippen LogP contribution in [-0.4, -0.2) is 28.4 Å². The lowest BCUT2D eigenvalue weighted by molar-refractivity contribution is -0.115. The van der Waals surface area contributed by atoms with Gasteiger partial charge in [0.05, 0.1) is 30.5 Å². The summed E-state index contributed by atoms with van der Waals surface area (Å²) in [5.41, 5.74) is 7.19. The second kappa shape index (κ2) is 8.59. The van der Waals surface area contributed by atoms with E-state index >= 15 is 0 Å². The number of ether oxygens (including phenoxy) is 1. The Labute approximate surface area is 190 Å². The number of aryl methyl sites for hydroxylation is 4. The van der Waals surface area contributed by atoms with Crippen LogP contribution in [0, 0.1) is 27.7 Å². The lowest BCUT2D eigenvalue weighted by atomic mass is 10.0. The Bertz CT molecular complexity index is 1350. The van der Waals surface area contributed by atoms with Gasteiger partial charge in [0.1, 0.15) is 10.6 Å². The van der Waals surface area contributed by atoms with Crippen LogP contribution in [0.5, 0.6) is 0 Å². The monoisotopic (exact) mass is 447 g/mol. The van der Waals surface area contributed by atoms with Gasteiger partial charge in [-0.25, -0.2) is 9.78 Å². The normalized spacial score (nSPS) is 11.0. The Kier molecular flexibility index (Phi) is 5.84. The van der Waals surface area contributed by atoms with Gasteiger partial charge in [-0.3, -0.25) is 4.79 Å². The molecule has 0 atom stereocenters. The molecule has 0 aliphatic rings. The summed E-state index contributed by atoms with van der Waals surface area (Å²) in [4.78, 5) is 30.9. The molecular weight excluding hydrogens is 422 g/mol. The number of nitrogens with zero attached hydrogens (tertiary/aromatic N) is 2. The molecule has 0 aliphatic heterocycles. The quantitative estimate of drug-likeness (QED) is 0.423. The molecule has 4 aromatic rings. The van der Waals surface area contributed by atoms with E-state index in [4.69, 9.17) is 9.72 Å². The summed E-state index contributed by atoms with van der Waals surface area (Å²) in [5, 5.41) is 3.39. The van der Waals surface area contributed by atoms with E-state index in [1.807, 2.05) is 42.6 Å². The number of aromatic nitrogens is 2. The number of fused-ring (bicyclic) bond motifs is 1. The topological polar surface area (TPSA) is 72.7 Å². The van der Waals surface area contributed by atoms with Crippen molar-refractivity contribution < 1.29 is 14.3 Å². The number of hydrogen-bond donors (Lipinski definition) is 1. The number of imidazole rings is 1. The van der Waals surface area contributed by atoms with Crippen molar-refractivity contribution in [2.75, 3.05) is 12.4 Å². The molecule has 0 unspecified atom stereocenters. The summed E-state index contributed by atoms with van der Waals surface area (Å²) in [7, 11) is 1.33. The summed E-state index contributed by atoms with van der Waals surface area (Å²) in [5.74, 6) is -0.685. The van der Waals surface area contributed by atoms with Crippen molar-refractivity contribution in [1.29, 1.82) is 0 Å². The van der Waals surface area contributed by atoms with E-state index in [0.717, 1.165) is 33.0 Å². The summed E-state index contributed by atoms with van der Waals surface area (Å²) < 4.78 is 6.80. The number of carbonyl (C=O) groups is 2. The number of rotatable bonds is 5. The van der Waals surface area contributed by atoms with E-state index in [2.05, 4.69) is 31.3 Å². The SMILES string of the molecule is COC(=O)c1cc(C)sc1NC(=O)Cc1c(-c2ccc(C)c(C)c2)nc2cc(C)ccn12. The molecule has 0 bridgehead atoms. The van der Waals surface area contributed by atoms with Crippen molar-refractivity contribution in [3.63, 3.8) is 0 Å². The van der Waals surface area contributed by atoms with Gasteiger partial charge in [0, 0.05) is 16.6 Å². The third-order valence-corrected chi connectivity index (χ3v) is 6.47. The molecule has 164 valence electrons. The molecule has 1 aromatic carbocycles. The van der Waals surface area contributed by atoms with Crippen molar-refractivity contribution in [3.8, 4) is 11.3 Å². The fraction of sp³-hybridized carbons (Fsp3) is 0.240. The first-order valence-corrected chi connectivity index (χ1v) is 11.1. The maximum atomic E-state index is 13.1. The molecule has 3 aromatic heterocycles. The van der Waals surface area contributed by atoms with Crippen LogP contribution in [0.1, 0.15) is 37.6 Å². The van der Waals surface area contributed by atoms with Gasteiger partial charge in [-0.15, -0.1) is 11.3 Å². The molecule has 0 radical (unpaired) electrons. The zero-order valence-electron chi connectivity index (χ0n) is 18.8. The van der Waals surface area contributed by atoms with Crippen LogP contribution >= 0.6 is 11.3 Å². The number of esters is 1. The van der Waals surface area contributed by atoms with Gasteiger partial charge in [0.2, 0.25) is 5.91 Å². The van der Waals surface area contributed by atoms with Crippen molar-refractivity contribution in [1.82, 2.24) is 9.38 Å². The zero-order valence-corrected chi connectivity index (χ0v) is 19.6. The van der Waals surface area contributed by atoms with E-state index in [-0.39, 0.29) is 12.3 Å². The molecule has 0 aliphatic carbocycles. The van der Waals surface area contributed by atoms with E-state index in [1.54, 1.807) is 6.07 Å².